The van der Waals surface area contributed by atoms with Gasteiger partial charge in [-0.05, 0) is 10.4 Å². The van der Waals surface area contributed by atoms with Gasteiger partial charge in [-0.1, -0.05) is 11.8 Å². The summed E-state index contributed by atoms with van der Waals surface area (Å²) < 4.78 is 1.29. The van der Waals surface area contributed by atoms with Crippen molar-refractivity contribution in [3.05, 3.63) is 6.26 Å². The van der Waals surface area contributed by atoms with Crippen LogP contribution in [0.15, 0.2) is 5.16 Å². The van der Waals surface area contributed by atoms with E-state index in [0.29, 0.717) is 5.16 Å². The van der Waals surface area contributed by atoms with Crippen LogP contribution in [0.1, 0.15) is 0 Å². The van der Waals surface area contributed by atoms with Crippen molar-refractivity contribution in [2.45, 2.75) is 11.7 Å². The van der Waals surface area contributed by atoms with Crippen LogP contribution < -0.4 is 5.73 Å². The molecule has 0 aliphatic carbocycles. The quantitative estimate of drug-likeness (QED) is 0.593. The van der Waals surface area contributed by atoms with Gasteiger partial charge in [-0.25, -0.2) is 4.68 Å². The summed E-state index contributed by atoms with van der Waals surface area (Å²) >= 11 is 1.11. The maximum atomic E-state index is 10.4. The Labute approximate surface area is 67.1 Å². The Kier molecular flexibility index (Phi) is 2.42. The molecule has 0 bridgehead atoms. The maximum absolute atomic E-state index is 10.4. The van der Waals surface area contributed by atoms with Gasteiger partial charge in [-0.2, -0.15) is 0 Å². The lowest BCUT2D eigenvalue weighted by Gasteiger charge is -1.96. The summed E-state index contributed by atoms with van der Waals surface area (Å²) in [5, 5.41) is 10.9. The van der Waals surface area contributed by atoms with Gasteiger partial charge in [0, 0.05) is 6.26 Å². The van der Waals surface area contributed by atoms with Gasteiger partial charge in [0.1, 0.15) is 6.54 Å². The van der Waals surface area contributed by atoms with Crippen molar-refractivity contribution in [3.63, 3.8) is 0 Å². The van der Waals surface area contributed by atoms with Crippen LogP contribution in [0, 0.1) is 6.26 Å². The van der Waals surface area contributed by atoms with E-state index in [2.05, 4.69) is 21.8 Å². The summed E-state index contributed by atoms with van der Waals surface area (Å²) in [7, 11) is 0. The second-order valence-electron chi connectivity index (χ2n) is 1.73. The molecule has 1 aromatic rings. The van der Waals surface area contributed by atoms with Crippen molar-refractivity contribution in [1.29, 1.82) is 0 Å². The molecule has 0 aliphatic heterocycles. The second-order valence-corrected chi connectivity index (χ2v) is 2.38. The van der Waals surface area contributed by atoms with E-state index < -0.39 is 5.91 Å². The number of carbonyl (C=O) groups is 1. The highest BCUT2D eigenvalue weighted by molar-refractivity contribution is 8.00. The Morgan fingerprint density at radius 1 is 1.82 bits per heavy atom. The standard InChI is InChI=1S/C4H6N5OS/c1-11-4-6-7-8-9(4)2-3(5)10/h1-2H2,(H2,5,10). The van der Waals surface area contributed by atoms with Gasteiger partial charge >= 0.3 is 0 Å². The number of aromatic nitrogens is 4. The van der Waals surface area contributed by atoms with Crippen LogP contribution in [0.25, 0.3) is 0 Å². The predicted octanol–water partition coefficient (Wildman–Crippen LogP) is -0.958. The van der Waals surface area contributed by atoms with Gasteiger partial charge in [0.15, 0.2) is 0 Å². The molecule has 0 unspecified atom stereocenters. The van der Waals surface area contributed by atoms with Crippen molar-refractivity contribution < 1.29 is 4.79 Å². The number of hydrogen-bond acceptors (Lipinski definition) is 5. The molecule has 0 fully saturated rings. The number of amides is 1. The van der Waals surface area contributed by atoms with Gasteiger partial charge in [-0.15, -0.1) is 5.10 Å². The molecule has 1 amide bonds. The fourth-order valence-corrected chi connectivity index (χ4v) is 0.891. The number of nitrogens with zero attached hydrogens (tertiary/aromatic N) is 4. The number of hydrogen-bond donors (Lipinski definition) is 1. The van der Waals surface area contributed by atoms with Crippen molar-refractivity contribution >= 4 is 17.7 Å². The highest BCUT2D eigenvalue weighted by Crippen LogP contribution is 2.09. The molecule has 0 atom stereocenters. The molecule has 7 heteroatoms. The number of primary amides is 1. The smallest absolute Gasteiger partial charge is 0.239 e. The highest BCUT2D eigenvalue weighted by atomic mass is 32.2. The first-order chi connectivity index (χ1) is 5.24. The predicted molar refractivity (Wildman–Crippen MR) is 38.2 cm³/mol. The van der Waals surface area contributed by atoms with Gasteiger partial charge < -0.3 is 5.73 Å². The van der Waals surface area contributed by atoms with E-state index in [1.807, 2.05) is 0 Å². The molecule has 59 valence electrons. The molecule has 0 aromatic carbocycles. The summed E-state index contributed by atoms with van der Waals surface area (Å²) in [4.78, 5) is 10.4. The van der Waals surface area contributed by atoms with Crippen LogP contribution in [0.2, 0.25) is 0 Å². The molecule has 1 heterocycles. The largest absolute Gasteiger partial charge is 0.368 e. The molecule has 1 radical (unpaired) electrons. The van der Waals surface area contributed by atoms with E-state index in [9.17, 15) is 4.79 Å². The number of rotatable bonds is 3. The fraction of sp³-hybridized carbons (Fsp3) is 0.250. The summed E-state index contributed by atoms with van der Waals surface area (Å²) in [6, 6.07) is 0. The van der Waals surface area contributed by atoms with Crippen LogP contribution in [0.4, 0.5) is 0 Å². The van der Waals surface area contributed by atoms with E-state index in [0.717, 1.165) is 11.8 Å². The molecule has 0 spiro atoms. The number of thioether (sulfide) groups is 1. The molecular weight excluding hydrogens is 166 g/mol. The van der Waals surface area contributed by atoms with Gasteiger partial charge in [0.2, 0.25) is 11.1 Å². The first kappa shape index (κ1) is 7.99. The number of tetrazole rings is 1. The summed E-state index contributed by atoms with van der Waals surface area (Å²) in [5.41, 5.74) is 4.92. The van der Waals surface area contributed by atoms with E-state index in [-0.39, 0.29) is 6.54 Å². The second kappa shape index (κ2) is 3.33. The van der Waals surface area contributed by atoms with Crippen molar-refractivity contribution in [1.82, 2.24) is 20.2 Å². The van der Waals surface area contributed by atoms with Gasteiger partial charge in [0.25, 0.3) is 0 Å². The Bertz CT molecular complexity index is 259. The molecule has 0 saturated heterocycles. The number of nitrogens with two attached hydrogens (primary N) is 1. The highest BCUT2D eigenvalue weighted by Gasteiger charge is 2.05. The van der Waals surface area contributed by atoms with Crippen LogP contribution >= 0.6 is 11.8 Å². The zero-order valence-corrected chi connectivity index (χ0v) is 6.41. The van der Waals surface area contributed by atoms with Crippen LogP contribution in [0.3, 0.4) is 0 Å². The molecule has 0 saturated carbocycles. The molecule has 11 heavy (non-hydrogen) atoms. The SMILES string of the molecule is [CH2]Sc1nnnn1CC(N)=O. The summed E-state index contributed by atoms with van der Waals surface area (Å²) in [6.07, 6.45) is 3.50. The number of carbonyl (C=O) groups excluding carboxylic acids is 1. The monoisotopic (exact) mass is 172 g/mol. The first-order valence-corrected chi connectivity index (χ1v) is 3.69. The average molecular weight is 172 g/mol. The molecule has 6 nitrogen and oxygen atoms in total. The van der Waals surface area contributed by atoms with Crippen molar-refractivity contribution in [2.24, 2.45) is 5.73 Å². The zero-order chi connectivity index (χ0) is 8.27. The van der Waals surface area contributed by atoms with Gasteiger partial charge in [0.05, 0.1) is 0 Å². The Balaban J connectivity index is 2.76. The van der Waals surface area contributed by atoms with E-state index in [1.54, 1.807) is 0 Å². The Morgan fingerprint density at radius 3 is 3.09 bits per heavy atom. The maximum Gasteiger partial charge on any atom is 0.239 e. The van der Waals surface area contributed by atoms with E-state index in [1.165, 1.54) is 4.68 Å². The third-order valence-electron chi connectivity index (χ3n) is 0.934. The normalized spacial score (nSPS) is 9.91. The molecular formula is C4H6N5OS. The lowest BCUT2D eigenvalue weighted by Crippen LogP contribution is -2.20. The minimum absolute atomic E-state index is 0.00907. The lowest BCUT2D eigenvalue weighted by atomic mass is 10.6. The third-order valence-corrected chi connectivity index (χ3v) is 1.48. The third kappa shape index (κ3) is 1.90. The summed E-state index contributed by atoms with van der Waals surface area (Å²) in [6.45, 7) is -0.00907. The fourth-order valence-electron chi connectivity index (χ4n) is 0.547. The van der Waals surface area contributed by atoms with Gasteiger partial charge in [-0.3, -0.25) is 4.79 Å². The minimum Gasteiger partial charge on any atom is -0.368 e. The van der Waals surface area contributed by atoms with Crippen LogP contribution in [-0.4, -0.2) is 26.1 Å². The topological polar surface area (TPSA) is 86.7 Å². The van der Waals surface area contributed by atoms with E-state index in [4.69, 9.17) is 5.73 Å². The minimum atomic E-state index is -0.479. The van der Waals surface area contributed by atoms with Crippen LogP contribution in [-0.2, 0) is 11.3 Å². The zero-order valence-electron chi connectivity index (χ0n) is 5.60. The molecule has 0 aliphatic rings. The Morgan fingerprint density at radius 2 is 2.55 bits per heavy atom. The average Bonchev–Trinajstić information content (AvgIpc) is 2.34. The molecule has 1 aromatic heterocycles. The lowest BCUT2D eigenvalue weighted by molar-refractivity contribution is -0.118. The van der Waals surface area contributed by atoms with Crippen molar-refractivity contribution in [2.75, 3.05) is 0 Å². The Hall–Kier alpha value is -1.11. The summed E-state index contributed by atoms with van der Waals surface area (Å²) in [5.74, 6) is -0.479. The molecule has 1 rings (SSSR count). The first-order valence-electron chi connectivity index (χ1n) is 2.70. The molecule has 2 N–H and O–H groups in total. The van der Waals surface area contributed by atoms with Crippen molar-refractivity contribution in [3.8, 4) is 0 Å². The van der Waals surface area contributed by atoms with E-state index >= 15 is 0 Å². The van der Waals surface area contributed by atoms with Crippen LogP contribution in [0.5, 0.6) is 0 Å².